The zero-order chi connectivity index (χ0) is 13.5. The number of piperazine rings is 1. The van der Waals surface area contributed by atoms with Gasteiger partial charge in [-0.05, 0) is 13.8 Å². The summed E-state index contributed by atoms with van der Waals surface area (Å²) in [6, 6.07) is 0.0263. The van der Waals surface area contributed by atoms with E-state index in [1.54, 1.807) is 4.90 Å². The highest BCUT2D eigenvalue weighted by Gasteiger charge is 2.19. The molecule has 18 heavy (non-hydrogen) atoms. The Balaban J connectivity index is 2.30. The number of nitrogens with one attached hydrogen (secondary N) is 2. The Bertz CT molecular complexity index is 327. The molecular weight excluding hydrogens is 254 g/mol. The SMILES string of the molecule is CC(C)NC(=O)CS(=O)CC(=O)N1CCNCC1. The first-order chi connectivity index (χ1) is 8.49. The highest BCUT2D eigenvalue weighted by Crippen LogP contribution is 1.96. The van der Waals surface area contributed by atoms with Crippen molar-refractivity contribution in [2.75, 3.05) is 37.7 Å². The predicted octanol–water partition coefficient (Wildman–Crippen LogP) is -1.31. The lowest BCUT2D eigenvalue weighted by Gasteiger charge is -2.27. The molecular formula is C11H21N3O3S. The molecule has 0 saturated carbocycles. The van der Waals surface area contributed by atoms with Crippen LogP contribution < -0.4 is 10.6 Å². The van der Waals surface area contributed by atoms with Crippen molar-refractivity contribution in [1.29, 1.82) is 0 Å². The van der Waals surface area contributed by atoms with Gasteiger partial charge in [-0.15, -0.1) is 0 Å². The molecule has 1 fully saturated rings. The van der Waals surface area contributed by atoms with Crippen molar-refractivity contribution in [3.8, 4) is 0 Å². The minimum absolute atomic E-state index is 0.0263. The Hall–Kier alpha value is -0.950. The standard InChI is InChI=1S/C11H21N3O3S/c1-9(2)13-10(15)7-18(17)8-11(16)14-5-3-12-4-6-14/h9,12H,3-8H2,1-2H3,(H,13,15). The number of rotatable bonds is 5. The first kappa shape index (κ1) is 15.1. The summed E-state index contributed by atoms with van der Waals surface area (Å²) in [4.78, 5) is 24.9. The number of nitrogens with zero attached hydrogens (tertiary/aromatic N) is 1. The van der Waals surface area contributed by atoms with Gasteiger partial charge in [0.2, 0.25) is 11.8 Å². The molecule has 0 spiro atoms. The summed E-state index contributed by atoms with van der Waals surface area (Å²) < 4.78 is 11.7. The lowest BCUT2D eigenvalue weighted by atomic mass is 10.3. The molecule has 1 aliphatic rings. The lowest BCUT2D eigenvalue weighted by molar-refractivity contribution is -0.128. The molecule has 0 radical (unpaired) electrons. The van der Waals surface area contributed by atoms with Crippen molar-refractivity contribution >= 4 is 22.6 Å². The number of hydrogen-bond acceptors (Lipinski definition) is 4. The molecule has 1 saturated heterocycles. The molecule has 1 aliphatic heterocycles. The Morgan fingerprint density at radius 2 is 1.89 bits per heavy atom. The Kier molecular flexibility index (Phi) is 6.28. The second-order valence-corrected chi connectivity index (χ2v) is 6.04. The molecule has 0 aromatic carbocycles. The number of carbonyl (C=O) groups is 2. The summed E-state index contributed by atoms with van der Waals surface area (Å²) in [5, 5.41) is 5.80. The fourth-order valence-corrected chi connectivity index (χ4v) is 2.64. The predicted molar refractivity (Wildman–Crippen MR) is 70.6 cm³/mol. The highest BCUT2D eigenvalue weighted by molar-refractivity contribution is 7.86. The highest BCUT2D eigenvalue weighted by atomic mass is 32.2. The molecule has 2 amide bonds. The normalized spacial score (nSPS) is 17.6. The summed E-state index contributed by atoms with van der Waals surface area (Å²) >= 11 is 0. The van der Waals surface area contributed by atoms with Gasteiger partial charge in [0.25, 0.3) is 0 Å². The van der Waals surface area contributed by atoms with E-state index in [0.29, 0.717) is 13.1 Å². The molecule has 1 rings (SSSR count). The molecule has 0 aromatic heterocycles. The molecule has 1 unspecified atom stereocenters. The van der Waals surface area contributed by atoms with Crippen molar-refractivity contribution < 1.29 is 13.8 Å². The van der Waals surface area contributed by atoms with Crippen molar-refractivity contribution in [1.82, 2.24) is 15.5 Å². The number of hydrogen-bond donors (Lipinski definition) is 2. The molecule has 1 heterocycles. The van der Waals surface area contributed by atoms with Crippen molar-refractivity contribution in [2.24, 2.45) is 0 Å². The third kappa shape index (κ3) is 5.59. The van der Waals surface area contributed by atoms with Crippen LogP contribution in [-0.4, -0.2) is 64.6 Å². The van der Waals surface area contributed by atoms with Gasteiger partial charge in [0.05, 0.1) is 0 Å². The zero-order valence-electron chi connectivity index (χ0n) is 10.9. The molecule has 0 aliphatic carbocycles. The van der Waals surface area contributed by atoms with Gasteiger partial charge in [0.1, 0.15) is 11.5 Å². The third-order valence-corrected chi connectivity index (χ3v) is 3.65. The van der Waals surface area contributed by atoms with E-state index in [-0.39, 0.29) is 29.4 Å². The smallest absolute Gasteiger partial charge is 0.235 e. The average Bonchev–Trinajstić information content (AvgIpc) is 2.28. The minimum atomic E-state index is -1.42. The first-order valence-electron chi connectivity index (χ1n) is 6.12. The Labute approximate surface area is 110 Å². The Morgan fingerprint density at radius 1 is 1.28 bits per heavy atom. The van der Waals surface area contributed by atoms with Crippen molar-refractivity contribution in [2.45, 2.75) is 19.9 Å². The molecule has 0 bridgehead atoms. The van der Waals surface area contributed by atoms with Gasteiger partial charge in [-0.1, -0.05) is 0 Å². The van der Waals surface area contributed by atoms with Crippen molar-refractivity contribution in [3.05, 3.63) is 0 Å². The van der Waals surface area contributed by atoms with Crippen LogP contribution in [0.4, 0.5) is 0 Å². The minimum Gasteiger partial charge on any atom is -0.353 e. The summed E-state index contributed by atoms with van der Waals surface area (Å²) in [6.07, 6.45) is 0. The van der Waals surface area contributed by atoms with E-state index in [1.807, 2.05) is 13.8 Å². The van der Waals surface area contributed by atoms with Crippen LogP contribution in [0.2, 0.25) is 0 Å². The van der Waals surface area contributed by atoms with Gasteiger partial charge in [-0.3, -0.25) is 13.8 Å². The summed E-state index contributed by atoms with van der Waals surface area (Å²) in [5.41, 5.74) is 0. The Morgan fingerprint density at radius 3 is 2.44 bits per heavy atom. The maximum atomic E-state index is 11.8. The molecule has 1 atom stereocenters. The van der Waals surface area contributed by atoms with E-state index in [0.717, 1.165) is 13.1 Å². The quantitative estimate of drug-likeness (QED) is 0.653. The third-order valence-electron chi connectivity index (χ3n) is 2.50. The van der Waals surface area contributed by atoms with E-state index in [2.05, 4.69) is 10.6 Å². The largest absolute Gasteiger partial charge is 0.353 e. The first-order valence-corrected chi connectivity index (χ1v) is 7.60. The lowest BCUT2D eigenvalue weighted by Crippen LogP contribution is -2.48. The molecule has 0 aromatic rings. The second-order valence-electron chi connectivity index (χ2n) is 4.58. The van der Waals surface area contributed by atoms with E-state index in [1.165, 1.54) is 0 Å². The van der Waals surface area contributed by atoms with Gasteiger partial charge < -0.3 is 15.5 Å². The fraction of sp³-hybridized carbons (Fsp3) is 0.818. The number of carbonyl (C=O) groups excluding carboxylic acids is 2. The van der Waals surface area contributed by atoms with Crippen LogP contribution in [0, 0.1) is 0 Å². The van der Waals surface area contributed by atoms with Crippen molar-refractivity contribution in [3.63, 3.8) is 0 Å². The zero-order valence-corrected chi connectivity index (χ0v) is 11.7. The van der Waals surface area contributed by atoms with Gasteiger partial charge in [0, 0.05) is 43.0 Å². The summed E-state index contributed by atoms with van der Waals surface area (Å²) in [5.74, 6) is -0.565. The van der Waals surface area contributed by atoms with E-state index in [4.69, 9.17) is 0 Å². The van der Waals surface area contributed by atoms with Crippen LogP contribution >= 0.6 is 0 Å². The fourth-order valence-electron chi connectivity index (χ4n) is 1.70. The monoisotopic (exact) mass is 275 g/mol. The van der Waals surface area contributed by atoms with Crippen LogP contribution in [-0.2, 0) is 20.4 Å². The maximum absolute atomic E-state index is 11.8. The van der Waals surface area contributed by atoms with Crippen LogP contribution in [0.25, 0.3) is 0 Å². The van der Waals surface area contributed by atoms with Gasteiger partial charge in [-0.25, -0.2) is 0 Å². The maximum Gasteiger partial charge on any atom is 0.235 e. The van der Waals surface area contributed by atoms with E-state index < -0.39 is 10.8 Å². The van der Waals surface area contributed by atoms with E-state index >= 15 is 0 Å². The molecule has 104 valence electrons. The van der Waals surface area contributed by atoms with Gasteiger partial charge >= 0.3 is 0 Å². The van der Waals surface area contributed by atoms with Crippen LogP contribution in [0.15, 0.2) is 0 Å². The van der Waals surface area contributed by atoms with Gasteiger partial charge in [0.15, 0.2) is 0 Å². The summed E-state index contributed by atoms with van der Waals surface area (Å²) in [6.45, 7) is 6.51. The number of amides is 2. The van der Waals surface area contributed by atoms with E-state index in [9.17, 15) is 13.8 Å². The van der Waals surface area contributed by atoms with Crippen LogP contribution in [0.3, 0.4) is 0 Å². The van der Waals surface area contributed by atoms with Crippen LogP contribution in [0.5, 0.6) is 0 Å². The second kappa shape index (κ2) is 7.48. The molecule has 6 nitrogen and oxygen atoms in total. The average molecular weight is 275 g/mol. The topological polar surface area (TPSA) is 78.5 Å². The van der Waals surface area contributed by atoms with Gasteiger partial charge in [-0.2, -0.15) is 0 Å². The molecule has 2 N–H and O–H groups in total. The molecule has 7 heteroatoms. The van der Waals surface area contributed by atoms with Crippen LogP contribution in [0.1, 0.15) is 13.8 Å². The summed E-state index contributed by atoms with van der Waals surface area (Å²) in [7, 11) is -1.42.